The number of carbonyl (C=O) groups excluding carboxylic acids is 1. The normalized spacial score (nSPS) is 18.4. The first-order chi connectivity index (χ1) is 15.1. The number of alkyl halides is 5. The first kappa shape index (κ1) is 21.7. The van der Waals surface area contributed by atoms with Crippen molar-refractivity contribution in [2.75, 3.05) is 13.1 Å². The molecule has 0 bridgehead atoms. The molecule has 3 aromatic rings. The fraction of sp³-hybridized carbons (Fsp3) is 0.300. The summed E-state index contributed by atoms with van der Waals surface area (Å²) in [4.78, 5) is 19.0. The van der Waals surface area contributed by atoms with E-state index in [0.29, 0.717) is 18.0 Å². The molecule has 1 unspecified atom stereocenters. The standard InChI is InChI=1S/C20H16F5N5O2/c21-19(22)7-10-29(12-16(19)32-17-6-5-13(11-26-17)20(23,24)25)18(31)14-3-1-2-4-15(14)30-27-8-9-28-30/h1-6,8-9,11,16H,7,10,12H2. The number of hydrogen-bond donors (Lipinski definition) is 0. The zero-order chi connectivity index (χ0) is 22.9. The predicted octanol–water partition coefficient (Wildman–Crippen LogP) is 3.61. The molecule has 3 heterocycles. The molecule has 1 atom stereocenters. The van der Waals surface area contributed by atoms with Crippen molar-refractivity contribution in [1.82, 2.24) is 24.9 Å². The fourth-order valence-corrected chi connectivity index (χ4v) is 3.28. The second-order valence-electron chi connectivity index (χ2n) is 7.09. The lowest BCUT2D eigenvalue weighted by atomic mass is 10.0. The Kier molecular flexibility index (Phi) is 5.53. The van der Waals surface area contributed by atoms with Crippen LogP contribution >= 0.6 is 0 Å². The molecule has 7 nitrogen and oxygen atoms in total. The van der Waals surface area contributed by atoms with Gasteiger partial charge in [0.2, 0.25) is 5.88 Å². The average molecular weight is 453 g/mol. The first-order valence-electron chi connectivity index (χ1n) is 9.48. The van der Waals surface area contributed by atoms with E-state index in [0.717, 1.165) is 6.07 Å². The van der Waals surface area contributed by atoms with Gasteiger partial charge in [-0.2, -0.15) is 28.2 Å². The Balaban J connectivity index is 1.54. The maximum Gasteiger partial charge on any atom is 0.417 e. The number of pyridine rings is 1. The largest absolute Gasteiger partial charge is 0.466 e. The molecule has 1 saturated heterocycles. The summed E-state index contributed by atoms with van der Waals surface area (Å²) in [5.74, 6) is -4.22. The third-order valence-corrected chi connectivity index (χ3v) is 4.95. The topological polar surface area (TPSA) is 73.1 Å². The number of rotatable bonds is 4. The van der Waals surface area contributed by atoms with E-state index in [1.54, 1.807) is 18.2 Å². The van der Waals surface area contributed by atoms with Crippen LogP contribution in [0.25, 0.3) is 5.69 Å². The number of para-hydroxylation sites is 1. The molecule has 1 aromatic carbocycles. The summed E-state index contributed by atoms with van der Waals surface area (Å²) in [7, 11) is 0. The lowest BCUT2D eigenvalue weighted by molar-refractivity contribution is -0.138. The summed E-state index contributed by atoms with van der Waals surface area (Å²) in [5, 5.41) is 7.99. The lowest BCUT2D eigenvalue weighted by Gasteiger charge is -2.38. The number of halogens is 5. The Morgan fingerprint density at radius 2 is 1.81 bits per heavy atom. The monoisotopic (exact) mass is 453 g/mol. The minimum atomic E-state index is -4.61. The van der Waals surface area contributed by atoms with Crippen molar-refractivity contribution in [3.63, 3.8) is 0 Å². The second-order valence-corrected chi connectivity index (χ2v) is 7.09. The van der Waals surface area contributed by atoms with Crippen LogP contribution in [0.2, 0.25) is 0 Å². The Bertz CT molecular complexity index is 1090. The Hall–Kier alpha value is -3.57. The number of nitrogens with zero attached hydrogens (tertiary/aromatic N) is 5. The van der Waals surface area contributed by atoms with Gasteiger partial charge in [0.1, 0.15) is 0 Å². The number of benzene rings is 1. The molecular formula is C20H16F5N5O2. The SMILES string of the molecule is O=C(c1ccccc1-n1nccn1)N1CCC(F)(F)C(Oc2ccc(C(F)(F)F)cn2)C1. The lowest BCUT2D eigenvalue weighted by Crippen LogP contribution is -2.55. The highest BCUT2D eigenvalue weighted by atomic mass is 19.4. The molecule has 4 rings (SSSR count). The van der Waals surface area contributed by atoms with E-state index in [4.69, 9.17) is 4.74 Å². The molecular weight excluding hydrogens is 437 g/mol. The molecule has 0 N–H and O–H groups in total. The zero-order valence-corrected chi connectivity index (χ0v) is 16.3. The minimum absolute atomic E-state index is 0.209. The van der Waals surface area contributed by atoms with Gasteiger partial charge in [-0.05, 0) is 18.2 Å². The highest BCUT2D eigenvalue weighted by molar-refractivity contribution is 5.97. The third-order valence-electron chi connectivity index (χ3n) is 4.95. The molecule has 1 aliphatic heterocycles. The number of amides is 1. The summed E-state index contributed by atoms with van der Waals surface area (Å²) in [6.07, 6.45) is -3.69. The quantitative estimate of drug-likeness (QED) is 0.565. The maximum absolute atomic E-state index is 14.5. The van der Waals surface area contributed by atoms with Crippen LogP contribution in [0.15, 0.2) is 55.0 Å². The van der Waals surface area contributed by atoms with Crippen LogP contribution in [-0.4, -0.2) is 55.9 Å². The van der Waals surface area contributed by atoms with Crippen molar-refractivity contribution >= 4 is 5.91 Å². The van der Waals surface area contributed by atoms with Crippen LogP contribution in [-0.2, 0) is 6.18 Å². The molecule has 12 heteroatoms. The first-order valence-corrected chi connectivity index (χ1v) is 9.48. The molecule has 0 radical (unpaired) electrons. The van der Waals surface area contributed by atoms with Crippen LogP contribution in [0.3, 0.4) is 0 Å². The molecule has 0 aliphatic carbocycles. The average Bonchev–Trinajstić information content (AvgIpc) is 3.29. The minimum Gasteiger partial charge on any atom is -0.466 e. The number of ether oxygens (including phenoxy) is 1. The van der Waals surface area contributed by atoms with Gasteiger partial charge in [0.05, 0.1) is 35.8 Å². The van der Waals surface area contributed by atoms with Gasteiger partial charge in [-0.25, -0.2) is 13.8 Å². The van der Waals surface area contributed by atoms with E-state index in [-0.39, 0.29) is 12.1 Å². The Morgan fingerprint density at radius 1 is 1.09 bits per heavy atom. The summed E-state index contributed by atoms with van der Waals surface area (Å²) in [6, 6.07) is 8.02. The van der Waals surface area contributed by atoms with Gasteiger partial charge in [0.15, 0.2) is 6.10 Å². The number of hydrogen-bond acceptors (Lipinski definition) is 5. The highest BCUT2D eigenvalue weighted by Gasteiger charge is 2.47. The predicted molar refractivity (Wildman–Crippen MR) is 100 cm³/mol. The molecule has 168 valence electrons. The molecule has 0 saturated carbocycles. The fourth-order valence-electron chi connectivity index (χ4n) is 3.28. The van der Waals surface area contributed by atoms with Gasteiger partial charge in [0, 0.05) is 25.2 Å². The second kappa shape index (κ2) is 8.17. The number of aromatic nitrogens is 4. The summed E-state index contributed by atoms with van der Waals surface area (Å²) >= 11 is 0. The molecule has 1 fully saturated rings. The number of likely N-dealkylation sites (tertiary alicyclic amines) is 1. The van der Waals surface area contributed by atoms with E-state index in [9.17, 15) is 26.7 Å². The molecule has 2 aromatic heterocycles. The third kappa shape index (κ3) is 4.39. The summed E-state index contributed by atoms with van der Waals surface area (Å²) in [5.41, 5.74) is -0.442. The van der Waals surface area contributed by atoms with E-state index in [2.05, 4.69) is 15.2 Å². The molecule has 1 amide bonds. The molecule has 32 heavy (non-hydrogen) atoms. The zero-order valence-electron chi connectivity index (χ0n) is 16.3. The smallest absolute Gasteiger partial charge is 0.417 e. The van der Waals surface area contributed by atoms with Crippen molar-refractivity contribution in [3.05, 3.63) is 66.1 Å². The molecule has 1 aliphatic rings. The van der Waals surface area contributed by atoms with E-state index < -0.39 is 48.5 Å². The van der Waals surface area contributed by atoms with Gasteiger partial charge >= 0.3 is 6.18 Å². The van der Waals surface area contributed by atoms with Gasteiger partial charge < -0.3 is 9.64 Å². The summed E-state index contributed by atoms with van der Waals surface area (Å²) in [6.45, 7) is -0.706. The van der Waals surface area contributed by atoms with E-state index in [1.165, 1.54) is 28.2 Å². The van der Waals surface area contributed by atoms with Crippen LogP contribution < -0.4 is 4.74 Å². The number of carbonyl (C=O) groups is 1. The van der Waals surface area contributed by atoms with Crippen molar-refractivity contribution in [3.8, 4) is 11.6 Å². The van der Waals surface area contributed by atoms with Gasteiger partial charge in [-0.1, -0.05) is 12.1 Å². The van der Waals surface area contributed by atoms with Crippen molar-refractivity contribution < 1.29 is 31.5 Å². The molecule has 0 spiro atoms. The summed E-state index contributed by atoms with van der Waals surface area (Å²) < 4.78 is 72.2. The van der Waals surface area contributed by atoms with E-state index in [1.807, 2.05) is 0 Å². The van der Waals surface area contributed by atoms with Crippen LogP contribution in [0, 0.1) is 0 Å². The van der Waals surface area contributed by atoms with Gasteiger partial charge in [0.25, 0.3) is 11.8 Å². The van der Waals surface area contributed by atoms with Gasteiger partial charge in [-0.15, -0.1) is 0 Å². The van der Waals surface area contributed by atoms with Crippen molar-refractivity contribution in [2.45, 2.75) is 24.6 Å². The van der Waals surface area contributed by atoms with E-state index >= 15 is 0 Å². The highest BCUT2D eigenvalue weighted by Crippen LogP contribution is 2.33. The van der Waals surface area contributed by atoms with Crippen LogP contribution in [0.1, 0.15) is 22.3 Å². The maximum atomic E-state index is 14.5. The van der Waals surface area contributed by atoms with Crippen molar-refractivity contribution in [1.29, 1.82) is 0 Å². The van der Waals surface area contributed by atoms with Crippen LogP contribution in [0.5, 0.6) is 5.88 Å². The van der Waals surface area contributed by atoms with Crippen molar-refractivity contribution in [2.24, 2.45) is 0 Å². The number of piperidine rings is 1. The Morgan fingerprint density at radius 3 is 2.47 bits per heavy atom. The van der Waals surface area contributed by atoms with Crippen LogP contribution in [0.4, 0.5) is 22.0 Å². The Labute approximate surface area is 178 Å². The van der Waals surface area contributed by atoms with Gasteiger partial charge in [-0.3, -0.25) is 4.79 Å².